The molecule has 0 aliphatic heterocycles. The molecule has 0 spiro atoms. The lowest BCUT2D eigenvalue weighted by atomic mass is 10.1. The molecular weight excluding hydrogens is 378 g/mol. The minimum atomic E-state index is -0.699. The third-order valence-corrected chi connectivity index (χ3v) is 3.90. The quantitative estimate of drug-likeness (QED) is 0.483. The summed E-state index contributed by atoms with van der Waals surface area (Å²) in [5.41, 5.74) is 1.00. The smallest absolute Gasteiger partial charge is 0.344 e. The van der Waals surface area contributed by atoms with Gasteiger partial charge in [0.1, 0.15) is 17.2 Å². The first kappa shape index (κ1) is 21.7. The van der Waals surface area contributed by atoms with Gasteiger partial charge in [-0.1, -0.05) is 6.92 Å². The van der Waals surface area contributed by atoms with E-state index < -0.39 is 18.5 Å². The molecule has 0 saturated heterocycles. The van der Waals surface area contributed by atoms with E-state index in [-0.39, 0.29) is 12.4 Å². The van der Waals surface area contributed by atoms with Crippen LogP contribution in [0, 0.1) is 0 Å². The number of methoxy groups -OCH3 is 2. The average Bonchev–Trinajstić information content (AvgIpc) is 2.76. The molecule has 0 aromatic heterocycles. The van der Waals surface area contributed by atoms with Crippen LogP contribution in [-0.2, 0) is 14.3 Å². The highest BCUT2D eigenvalue weighted by Gasteiger charge is 2.12. The number of rotatable bonds is 10. The van der Waals surface area contributed by atoms with Gasteiger partial charge >= 0.3 is 5.97 Å². The number of carbonyl (C=O) groups excluding carboxylic acids is 3. The van der Waals surface area contributed by atoms with Crippen molar-refractivity contribution in [2.45, 2.75) is 13.3 Å². The van der Waals surface area contributed by atoms with E-state index in [4.69, 9.17) is 18.9 Å². The molecule has 2 aromatic rings. The molecule has 2 aromatic carbocycles. The molecule has 29 heavy (non-hydrogen) atoms. The second kappa shape index (κ2) is 10.7. The first-order valence-electron chi connectivity index (χ1n) is 8.90. The number of hydrogen-bond donors (Lipinski definition) is 1. The van der Waals surface area contributed by atoms with Crippen LogP contribution >= 0.6 is 0 Å². The topological polar surface area (TPSA) is 100 Å². The van der Waals surface area contributed by atoms with Crippen LogP contribution < -0.4 is 19.5 Å². The molecule has 154 valence electrons. The minimum Gasteiger partial charge on any atom is -0.497 e. The van der Waals surface area contributed by atoms with E-state index in [9.17, 15) is 14.4 Å². The molecule has 8 heteroatoms. The Morgan fingerprint density at radius 1 is 0.897 bits per heavy atom. The molecule has 1 N–H and O–H groups in total. The number of amides is 1. The normalized spacial score (nSPS) is 10.0. The molecule has 0 bridgehead atoms. The monoisotopic (exact) mass is 401 g/mol. The third kappa shape index (κ3) is 6.53. The van der Waals surface area contributed by atoms with Crippen molar-refractivity contribution in [3.05, 3.63) is 48.0 Å². The fraction of sp³-hybridized carbons (Fsp3) is 0.286. The summed E-state index contributed by atoms with van der Waals surface area (Å²) in [6, 6.07) is 11.3. The van der Waals surface area contributed by atoms with Crippen LogP contribution in [0.3, 0.4) is 0 Å². The van der Waals surface area contributed by atoms with Gasteiger partial charge in [0.2, 0.25) is 0 Å². The summed E-state index contributed by atoms with van der Waals surface area (Å²) in [4.78, 5) is 35.4. The van der Waals surface area contributed by atoms with E-state index in [1.54, 1.807) is 49.4 Å². The minimum absolute atomic E-state index is 0.0236. The van der Waals surface area contributed by atoms with E-state index in [1.807, 2.05) is 0 Å². The Bertz CT molecular complexity index is 862. The molecule has 0 radical (unpaired) electrons. The van der Waals surface area contributed by atoms with Crippen molar-refractivity contribution in [3.63, 3.8) is 0 Å². The number of Topliss-reactive ketones (excluding diaryl/α,β-unsaturated/α-hetero) is 1. The molecule has 0 fully saturated rings. The second-order valence-corrected chi connectivity index (χ2v) is 5.86. The molecule has 1 amide bonds. The van der Waals surface area contributed by atoms with Gasteiger partial charge < -0.3 is 24.3 Å². The largest absolute Gasteiger partial charge is 0.497 e. The molecule has 2 rings (SSSR count). The Balaban J connectivity index is 1.79. The molecular formula is C21H23NO7. The second-order valence-electron chi connectivity index (χ2n) is 5.86. The van der Waals surface area contributed by atoms with Crippen molar-refractivity contribution in [3.8, 4) is 17.2 Å². The fourth-order valence-electron chi connectivity index (χ4n) is 2.36. The van der Waals surface area contributed by atoms with Crippen LogP contribution in [0.4, 0.5) is 5.69 Å². The summed E-state index contributed by atoms with van der Waals surface area (Å²) < 4.78 is 20.5. The van der Waals surface area contributed by atoms with E-state index in [0.29, 0.717) is 34.9 Å². The van der Waals surface area contributed by atoms with Gasteiger partial charge in [0.25, 0.3) is 5.91 Å². The van der Waals surface area contributed by atoms with Gasteiger partial charge in [-0.2, -0.15) is 0 Å². The maximum atomic E-state index is 12.0. The number of nitrogens with one attached hydrogen (secondary N) is 1. The van der Waals surface area contributed by atoms with Gasteiger partial charge in [-0.3, -0.25) is 9.59 Å². The van der Waals surface area contributed by atoms with Crippen LogP contribution in [0.2, 0.25) is 0 Å². The first-order valence-corrected chi connectivity index (χ1v) is 8.90. The maximum Gasteiger partial charge on any atom is 0.344 e. The zero-order chi connectivity index (χ0) is 21.2. The average molecular weight is 401 g/mol. The van der Waals surface area contributed by atoms with E-state index in [1.165, 1.54) is 14.2 Å². The number of esters is 1. The van der Waals surface area contributed by atoms with Gasteiger partial charge in [-0.05, 0) is 36.4 Å². The molecule has 0 aliphatic carbocycles. The lowest BCUT2D eigenvalue weighted by molar-refractivity contribution is -0.149. The van der Waals surface area contributed by atoms with Gasteiger partial charge in [0.05, 0.1) is 19.9 Å². The predicted molar refractivity (Wildman–Crippen MR) is 106 cm³/mol. The Morgan fingerprint density at radius 2 is 1.59 bits per heavy atom. The molecule has 0 saturated carbocycles. The molecule has 0 atom stereocenters. The highest BCUT2D eigenvalue weighted by Crippen LogP contribution is 2.28. The van der Waals surface area contributed by atoms with Crippen molar-refractivity contribution in [2.24, 2.45) is 0 Å². The lowest BCUT2D eigenvalue weighted by Gasteiger charge is -2.12. The summed E-state index contributed by atoms with van der Waals surface area (Å²) in [7, 11) is 2.99. The van der Waals surface area contributed by atoms with Crippen molar-refractivity contribution in [1.82, 2.24) is 0 Å². The standard InChI is InChI=1S/C21H23NO7/c1-4-18(23)14-5-7-15(8-6-14)28-13-21(25)29-12-20(24)22-17-10-9-16(26-2)11-19(17)27-3/h5-11H,4,12-13H2,1-3H3,(H,22,24). The van der Waals surface area contributed by atoms with Crippen LogP contribution in [0.15, 0.2) is 42.5 Å². The molecule has 0 aliphatic rings. The highest BCUT2D eigenvalue weighted by molar-refractivity contribution is 5.96. The number of ether oxygens (including phenoxy) is 4. The van der Waals surface area contributed by atoms with Gasteiger partial charge in [0.15, 0.2) is 19.0 Å². The van der Waals surface area contributed by atoms with Crippen molar-refractivity contribution in [2.75, 3.05) is 32.8 Å². The summed E-state index contributed by atoms with van der Waals surface area (Å²) in [5.74, 6) is 0.213. The zero-order valence-corrected chi connectivity index (χ0v) is 16.5. The maximum absolute atomic E-state index is 12.0. The third-order valence-electron chi connectivity index (χ3n) is 3.90. The summed E-state index contributed by atoms with van der Waals surface area (Å²) in [5, 5.41) is 2.59. The lowest BCUT2D eigenvalue weighted by Crippen LogP contribution is -2.23. The Morgan fingerprint density at radius 3 is 2.21 bits per heavy atom. The fourth-order valence-corrected chi connectivity index (χ4v) is 2.36. The van der Waals surface area contributed by atoms with Gasteiger partial charge in [0, 0.05) is 18.1 Å². The number of anilines is 1. The van der Waals surface area contributed by atoms with Crippen molar-refractivity contribution >= 4 is 23.3 Å². The van der Waals surface area contributed by atoms with E-state index in [0.717, 1.165) is 0 Å². The van der Waals surface area contributed by atoms with Crippen LogP contribution in [-0.4, -0.2) is 45.1 Å². The number of ketones is 1. The Labute approximate surface area is 168 Å². The van der Waals surface area contributed by atoms with Crippen molar-refractivity contribution in [1.29, 1.82) is 0 Å². The summed E-state index contributed by atoms with van der Waals surface area (Å²) in [6.45, 7) is 0.950. The number of hydrogen-bond acceptors (Lipinski definition) is 7. The number of benzene rings is 2. The van der Waals surface area contributed by atoms with Crippen molar-refractivity contribution < 1.29 is 33.3 Å². The zero-order valence-electron chi connectivity index (χ0n) is 16.5. The SMILES string of the molecule is CCC(=O)c1ccc(OCC(=O)OCC(=O)Nc2ccc(OC)cc2OC)cc1. The predicted octanol–water partition coefficient (Wildman–Crippen LogP) is 2.86. The van der Waals surface area contributed by atoms with Crippen LogP contribution in [0.25, 0.3) is 0 Å². The van der Waals surface area contributed by atoms with E-state index in [2.05, 4.69) is 5.32 Å². The highest BCUT2D eigenvalue weighted by atomic mass is 16.6. The van der Waals surface area contributed by atoms with Gasteiger partial charge in [-0.15, -0.1) is 0 Å². The molecule has 0 heterocycles. The Hall–Kier alpha value is -3.55. The summed E-state index contributed by atoms with van der Waals surface area (Å²) >= 11 is 0. The molecule has 0 unspecified atom stereocenters. The first-order chi connectivity index (χ1) is 14.0. The summed E-state index contributed by atoms with van der Waals surface area (Å²) in [6.07, 6.45) is 0.414. The number of carbonyl (C=O) groups is 3. The molecule has 8 nitrogen and oxygen atoms in total. The van der Waals surface area contributed by atoms with Crippen LogP contribution in [0.5, 0.6) is 17.2 Å². The Kier molecular flexibility index (Phi) is 8.02. The van der Waals surface area contributed by atoms with Crippen LogP contribution in [0.1, 0.15) is 23.7 Å². The van der Waals surface area contributed by atoms with Gasteiger partial charge in [-0.25, -0.2) is 4.79 Å². The van der Waals surface area contributed by atoms with E-state index >= 15 is 0 Å².